The van der Waals surface area contributed by atoms with Crippen LogP contribution in [-0.4, -0.2) is 22.0 Å². The molecule has 0 fully saturated rings. The van der Waals surface area contributed by atoms with Gasteiger partial charge in [-0.05, 0) is 25.3 Å². The van der Waals surface area contributed by atoms with Crippen LogP contribution >= 0.6 is 0 Å². The van der Waals surface area contributed by atoms with Gasteiger partial charge in [0, 0.05) is 25.5 Å². The van der Waals surface area contributed by atoms with Crippen molar-refractivity contribution in [3.05, 3.63) is 53.6 Å². The number of carbonyl (C=O) groups excluding carboxylic acids is 1. The molecule has 5 nitrogen and oxygen atoms in total. The maximum absolute atomic E-state index is 12.1. The first-order valence-corrected chi connectivity index (χ1v) is 7.55. The van der Waals surface area contributed by atoms with Gasteiger partial charge in [0.2, 0.25) is 5.91 Å². The number of aryl methyl sites for hydroxylation is 2. The first-order valence-electron chi connectivity index (χ1n) is 7.55. The monoisotopic (exact) mass is 300 g/mol. The van der Waals surface area contributed by atoms with E-state index in [0.717, 1.165) is 23.5 Å². The second-order valence-corrected chi connectivity index (χ2v) is 5.87. The van der Waals surface area contributed by atoms with E-state index in [1.807, 2.05) is 44.3 Å². The Labute approximate surface area is 131 Å². The molecule has 3 N–H and O–H groups in total. The number of nitrogens with zero attached hydrogens (tertiary/aromatic N) is 2. The van der Waals surface area contributed by atoms with E-state index in [2.05, 4.69) is 21.8 Å². The zero-order chi connectivity index (χ0) is 16.1. The molecule has 2 atom stereocenters. The Morgan fingerprint density at radius 1 is 1.32 bits per heavy atom. The zero-order valence-corrected chi connectivity index (χ0v) is 13.4. The molecule has 0 bridgehead atoms. The van der Waals surface area contributed by atoms with Crippen molar-refractivity contribution >= 4 is 5.91 Å². The Bertz CT molecular complexity index is 618. The van der Waals surface area contributed by atoms with Crippen LogP contribution in [0, 0.1) is 19.8 Å². The first kappa shape index (κ1) is 16.2. The number of hydrogen-bond donors (Lipinski definition) is 2. The molecule has 2 aromatic rings. The highest BCUT2D eigenvalue weighted by molar-refractivity contribution is 5.82. The third-order valence-corrected chi connectivity index (χ3v) is 3.78. The highest BCUT2D eigenvalue weighted by Gasteiger charge is 2.16. The predicted octanol–water partition coefficient (Wildman–Crippen LogP) is 1.95. The molecule has 22 heavy (non-hydrogen) atoms. The molecule has 0 aliphatic carbocycles. The minimum Gasteiger partial charge on any atom is -0.354 e. The standard InChI is InChI=1S/C17H24N4O/c1-12-4-6-15(7-5-12)16(18)17(22)20-10-13(2)11-21-9-8-19-14(21)3/h4-9,13,16H,10-11,18H2,1-3H3,(H,20,22). The minimum absolute atomic E-state index is 0.141. The van der Waals surface area contributed by atoms with Gasteiger partial charge >= 0.3 is 0 Å². The van der Waals surface area contributed by atoms with E-state index in [-0.39, 0.29) is 5.91 Å². The van der Waals surface area contributed by atoms with Crippen LogP contribution in [0.15, 0.2) is 36.7 Å². The molecule has 1 aromatic heterocycles. The Morgan fingerprint density at radius 2 is 2.00 bits per heavy atom. The van der Waals surface area contributed by atoms with Crippen molar-refractivity contribution in [2.24, 2.45) is 11.7 Å². The van der Waals surface area contributed by atoms with E-state index >= 15 is 0 Å². The number of nitrogens with one attached hydrogen (secondary N) is 1. The largest absolute Gasteiger partial charge is 0.354 e. The fourth-order valence-electron chi connectivity index (χ4n) is 2.31. The van der Waals surface area contributed by atoms with Crippen molar-refractivity contribution in [2.75, 3.05) is 6.54 Å². The maximum Gasteiger partial charge on any atom is 0.241 e. The number of benzene rings is 1. The summed E-state index contributed by atoms with van der Waals surface area (Å²) in [5.74, 6) is 1.15. The van der Waals surface area contributed by atoms with Crippen LogP contribution in [0.1, 0.15) is 29.9 Å². The summed E-state index contributed by atoms with van der Waals surface area (Å²) in [5.41, 5.74) is 8.00. The number of carbonyl (C=O) groups is 1. The Balaban J connectivity index is 1.84. The molecule has 0 saturated heterocycles. The lowest BCUT2D eigenvalue weighted by Gasteiger charge is -2.17. The van der Waals surface area contributed by atoms with E-state index < -0.39 is 6.04 Å². The van der Waals surface area contributed by atoms with Gasteiger partial charge in [0.05, 0.1) is 0 Å². The molecule has 0 saturated carbocycles. The van der Waals surface area contributed by atoms with Crippen LogP contribution < -0.4 is 11.1 Å². The molecule has 2 rings (SSSR count). The number of amides is 1. The van der Waals surface area contributed by atoms with Crippen molar-refractivity contribution < 1.29 is 4.79 Å². The van der Waals surface area contributed by atoms with Gasteiger partial charge in [0.25, 0.3) is 0 Å². The summed E-state index contributed by atoms with van der Waals surface area (Å²) in [6, 6.07) is 7.11. The molecule has 0 aliphatic rings. The van der Waals surface area contributed by atoms with Crippen LogP contribution in [0.3, 0.4) is 0 Å². The fraction of sp³-hybridized carbons (Fsp3) is 0.412. The van der Waals surface area contributed by atoms with Gasteiger partial charge in [0.15, 0.2) is 0 Å². The van der Waals surface area contributed by atoms with E-state index in [1.54, 1.807) is 6.20 Å². The summed E-state index contributed by atoms with van der Waals surface area (Å²) in [4.78, 5) is 16.3. The number of rotatable bonds is 6. The average Bonchev–Trinajstić information content (AvgIpc) is 2.90. The van der Waals surface area contributed by atoms with Gasteiger partial charge in [-0.3, -0.25) is 4.79 Å². The summed E-state index contributed by atoms with van der Waals surface area (Å²) in [7, 11) is 0. The van der Waals surface area contributed by atoms with Gasteiger partial charge in [-0.15, -0.1) is 0 Å². The van der Waals surface area contributed by atoms with Crippen LogP contribution in [0.2, 0.25) is 0 Å². The topological polar surface area (TPSA) is 72.9 Å². The van der Waals surface area contributed by atoms with Crippen molar-refractivity contribution in [2.45, 2.75) is 33.4 Å². The number of nitrogens with two attached hydrogens (primary N) is 1. The second kappa shape index (κ2) is 7.22. The lowest BCUT2D eigenvalue weighted by molar-refractivity contribution is -0.122. The molecule has 2 unspecified atom stereocenters. The highest BCUT2D eigenvalue weighted by atomic mass is 16.2. The van der Waals surface area contributed by atoms with Crippen LogP contribution in [0.4, 0.5) is 0 Å². The Morgan fingerprint density at radius 3 is 2.59 bits per heavy atom. The average molecular weight is 300 g/mol. The summed E-state index contributed by atoms with van der Waals surface area (Å²) in [6.07, 6.45) is 3.74. The van der Waals surface area contributed by atoms with Gasteiger partial charge in [-0.25, -0.2) is 4.98 Å². The van der Waals surface area contributed by atoms with Crippen LogP contribution in [0.25, 0.3) is 0 Å². The summed E-state index contributed by atoms with van der Waals surface area (Å²) >= 11 is 0. The molecule has 118 valence electrons. The Hall–Kier alpha value is -2.14. The molecule has 0 spiro atoms. The highest BCUT2D eigenvalue weighted by Crippen LogP contribution is 2.12. The molecular formula is C17H24N4O. The molecule has 1 heterocycles. The first-order chi connectivity index (χ1) is 10.5. The van der Waals surface area contributed by atoms with Crippen molar-refractivity contribution in [3.63, 3.8) is 0 Å². The van der Waals surface area contributed by atoms with Crippen molar-refractivity contribution in [1.29, 1.82) is 0 Å². The number of imidazole rings is 1. The van der Waals surface area contributed by atoms with E-state index in [1.165, 1.54) is 0 Å². The second-order valence-electron chi connectivity index (χ2n) is 5.87. The van der Waals surface area contributed by atoms with Crippen molar-refractivity contribution in [1.82, 2.24) is 14.9 Å². The quantitative estimate of drug-likeness (QED) is 0.856. The third kappa shape index (κ3) is 4.18. The van der Waals surface area contributed by atoms with Gasteiger partial charge in [-0.2, -0.15) is 0 Å². The molecule has 0 aliphatic heterocycles. The SMILES string of the molecule is Cc1ccc(C(N)C(=O)NCC(C)Cn2ccnc2C)cc1. The predicted molar refractivity (Wildman–Crippen MR) is 87.2 cm³/mol. The summed E-state index contributed by atoms with van der Waals surface area (Å²) in [6.45, 7) is 7.49. The lowest BCUT2D eigenvalue weighted by Crippen LogP contribution is -2.37. The van der Waals surface area contributed by atoms with Crippen molar-refractivity contribution in [3.8, 4) is 0 Å². The minimum atomic E-state index is -0.622. The van der Waals surface area contributed by atoms with Crippen LogP contribution in [-0.2, 0) is 11.3 Å². The van der Waals surface area contributed by atoms with Gasteiger partial charge < -0.3 is 15.6 Å². The molecule has 0 radical (unpaired) electrons. The maximum atomic E-state index is 12.1. The van der Waals surface area contributed by atoms with Crippen LogP contribution in [0.5, 0.6) is 0 Å². The van der Waals surface area contributed by atoms with Gasteiger partial charge in [0.1, 0.15) is 11.9 Å². The lowest BCUT2D eigenvalue weighted by atomic mass is 10.0. The zero-order valence-electron chi connectivity index (χ0n) is 13.4. The Kier molecular flexibility index (Phi) is 5.33. The van der Waals surface area contributed by atoms with E-state index in [0.29, 0.717) is 12.5 Å². The summed E-state index contributed by atoms with van der Waals surface area (Å²) in [5, 5.41) is 2.93. The van der Waals surface area contributed by atoms with E-state index in [9.17, 15) is 4.79 Å². The number of aromatic nitrogens is 2. The fourth-order valence-corrected chi connectivity index (χ4v) is 2.31. The van der Waals surface area contributed by atoms with Gasteiger partial charge in [-0.1, -0.05) is 36.8 Å². The normalized spacial score (nSPS) is 13.6. The molecule has 1 amide bonds. The smallest absolute Gasteiger partial charge is 0.241 e. The third-order valence-electron chi connectivity index (χ3n) is 3.78. The summed E-state index contributed by atoms with van der Waals surface area (Å²) < 4.78 is 2.08. The molecule has 1 aromatic carbocycles. The number of hydrogen-bond acceptors (Lipinski definition) is 3. The molecular weight excluding hydrogens is 276 g/mol. The van der Waals surface area contributed by atoms with E-state index in [4.69, 9.17) is 5.73 Å². The molecule has 5 heteroatoms.